The molecule has 0 aliphatic rings. The van der Waals surface area contributed by atoms with Crippen molar-refractivity contribution >= 4 is 44.4 Å². The minimum absolute atomic E-state index is 0.0573. The fourth-order valence-corrected chi connectivity index (χ4v) is 4.80. The van der Waals surface area contributed by atoms with Crippen molar-refractivity contribution in [1.29, 1.82) is 0 Å². The van der Waals surface area contributed by atoms with Gasteiger partial charge in [-0.25, -0.2) is 9.59 Å². The van der Waals surface area contributed by atoms with Crippen LogP contribution >= 0.6 is 0 Å². The first-order chi connectivity index (χ1) is 18.6. The molecule has 0 unspecified atom stereocenters. The van der Waals surface area contributed by atoms with Gasteiger partial charge in [0.25, 0.3) is 0 Å². The molecule has 0 aliphatic carbocycles. The lowest BCUT2D eigenvalue weighted by molar-refractivity contribution is -0.154. The molecule has 0 aromatic heterocycles. The Morgan fingerprint density at radius 1 is 0.590 bits per heavy atom. The fourth-order valence-electron chi connectivity index (χ4n) is 3.08. The van der Waals surface area contributed by atoms with Crippen LogP contribution in [0.5, 0.6) is 0 Å². The van der Waals surface area contributed by atoms with Crippen molar-refractivity contribution in [3.05, 3.63) is 0 Å². The van der Waals surface area contributed by atoms with Gasteiger partial charge in [0.05, 0.1) is 13.2 Å². The quantitative estimate of drug-likeness (QED) is 0.0561. The molecule has 4 amide bonds. The first-order valence-corrected chi connectivity index (χ1v) is 14.4. The third kappa shape index (κ3) is 15.2. The molecule has 0 saturated heterocycles. The molecule has 0 fully saturated rings. The van der Waals surface area contributed by atoms with Crippen molar-refractivity contribution in [2.45, 2.75) is 26.3 Å². The number of rotatable bonds is 18. The zero-order valence-corrected chi connectivity index (χ0v) is 24.2. The molecular weight excluding hydrogens is 538 g/mol. The van der Waals surface area contributed by atoms with Crippen molar-refractivity contribution < 1.29 is 51.5 Å². The highest BCUT2D eigenvalue weighted by Crippen LogP contribution is 2.14. The topological polar surface area (TPSA) is 200 Å². The fraction of sp³-hybridized carbons (Fsp3) is 0.727. The second-order valence-corrected chi connectivity index (χ2v) is 10.8. The molecule has 0 atom stereocenters. The third-order valence-corrected chi connectivity index (χ3v) is 7.98. The zero-order valence-electron chi connectivity index (χ0n) is 23.2. The number of carbonyl (C=O) groups excluding carboxylic acids is 6. The van der Waals surface area contributed by atoms with Crippen LogP contribution in [0, 0.1) is 0 Å². The molecule has 16 nitrogen and oxygen atoms in total. The molecule has 0 saturated carbocycles. The van der Waals surface area contributed by atoms with E-state index in [1.54, 1.807) is 18.7 Å². The van der Waals surface area contributed by atoms with Crippen molar-refractivity contribution in [3.63, 3.8) is 0 Å². The van der Waals surface area contributed by atoms with Gasteiger partial charge in [-0.1, -0.05) is 0 Å². The number of amides is 4. The van der Waals surface area contributed by atoms with Crippen LogP contribution in [0.2, 0.25) is 6.04 Å². The smallest absolute Gasteiger partial charge is 0.459 e. The van der Waals surface area contributed by atoms with Gasteiger partial charge in [0.15, 0.2) is 0 Å². The number of hydrogen-bond donors (Lipinski definition) is 4. The average Bonchev–Trinajstić information content (AvgIpc) is 2.93. The number of nitrogens with one attached hydrogen (secondary N) is 4. The van der Waals surface area contributed by atoms with Gasteiger partial charge in [-0.2, -0.15) is 0 Å². The van der Waals surface area contributed by atoms with Crippen molar-refractivity contribution in [2.75, 3.05) is 80.4 Å². The minimum atomic E-state index is -2.77. The van der Waals surface area contributed by atoms with Gasteiger partial charge in [0, 0.05) is 73.2 Å². The third-order valence-electron chi connectivity index (χ3n) is 5.15. The highest BCUT2D eigenvalue weighted by molar-refractivity contribution is 6.60. The van der Waals surface area contributed by atoms with E-state index < -0.39 is 44.4 Å². The Balaban J connectivity index is 4.67. The summed E-state index contributed by atoms with van der Waals surface area (Å²) >= 11 is 0. The summed E-state index contributed by atoms with van der Waals surface area (Å²) in [4.78, 5) is 72.3. The Labute approximate surface area is 229 Å². The normalized spacial score (nSPS) is 10.9. The second kappa shape index (κ2) is 20.8. The van der Waals surface area contributed by atoms with Crippen LogP contribution < -0.4 is 21.3 Å². The molecule has 39 heavy (non-hydrogen) atoms. The predicted octanol–water partition coefficient (Wildman–Crippen LogP) is -2.85. The number of nitrogens with zero attached hydrogens (tertiary/aromatic N) is 1. The van der Waals surface area contributed by atoms with Crippen molar-refractivity contribution in [1.82, 2.24) is 26.2 Å². The maximum atomic E-state index is 12.1. The number of ether oxygens (including phenoxy) is 2. The van der Waals surface area contributed by atoms with Gasteiger partial charge in [-0.3, -0.25) is 24.1 Å². The molecule has 0 aliphatic heterocycles. The van der Waals surface area contributed by atoms with Crippen LogP contribution in [0.15, 0.2) is 0 Å². The Morgan fingerprint density at radius 3 is 1.31 bits per heavy atom. The van der Waals surface area contributed by atoms with E-state index in [1.807, 2.05) is 0 Å². The number of carbonyl (C=O) groups is 6. The van der Waals surface area contributed by atoms with E-state index in [9.17, 15) is 28.8 Å². The van der Waals surface area contributed by atoms with E-state index in [4.69, 9.17) is 13.3 Å². The van der Waals surface area contributed by atoms with Crippen LogP contribution in [0.25, 0.3) is 0 Å². The van der Waals surface area contributed by atoms with Crippen LogP contribution in [0.1, 0.15) is 20.3 Å². The monoisotopic (exact) mass is 579 g/mol. The van der Waals surface area contributed by atoms with Crippen LogP contribution in [-0.4, -0.2) is 130 Å². The van der Waals surface area contributed by atoms with Gasteiger partial charge < -0.3 is 44.0 Å². The molecule has 0 aromatic carbocycles. The van der Waals surface area contributed by atoms with Crippen LogP contribution in [0.4, 0.5) is 0 Å². The van der Waals surface area contributed by atoms with Gasteiger partial charge in [-0.05, 0) is 20.3 Å². The molecular formula is C22H41N5O11Si. The van der Waals surface area contributed by atoms with E-state index in [1.165, 1.54) is 21.3 Å². The molecule has 17 heteroatoms. The first kappa shape index (κ1) is 35.9. The summed E-state index contributed by atoms with van der Waals surface area (Å²) < 4.78 is 25.1. The van der Waals surface area contributed by atoms with Gasteiger partial charge in [0.2, 0.25) is 0 Å². The zero-order chi connectivity index (χ0) is 29.7. The number of hydrogen-bond acceptors (Lipinski definition) is 12. The summed E-state index contributed by atoms with van der Waals surface area (Å²) in [6, 6.07) is 0.451. The lowest BCUT2D eigenvalue weighted by Gasteiger charge is -2.24. The minimum Gasteiger partial charge on any atom is -0.459 e. The summed E-state index contributed by atoms with van der Waals surface area (Å²) in [6.07, 6.45) is 0.476. The van der Waals surface area contributed by atoms with Crippen molar-refractivity contribution in [2.24, 2.45) is 0 Å². The Morgan fingerprint density at radius 2 is 0.949 bits per heavy atom. The summed E-state index contributed by atoms with van der Waals surface area (Å²) in [6.45, 7) is 4.35. The molecule has 4 N–H and O–H groups in total. The largest absolute Gasteiger partial charge is 0.500 e. The summed E-state index contributed by atoms with van der Waals surface area (Å²) in [5.74, 6) is -5.48. The van der Waals surface area contributed by atoms with E-state index in [-0.39, 0.29) is 59.0 Å². The Kier molecular flexibility index (Phi) is 19.1. The van der Waals surface area contributed by atoms with Gasteiger partial charge >= 0.3 is 44.4 Å². The van der Waals surface area contributed by atoms with E-state index in [2.05, 4.69) is 30.7 Å². The van der Waals surface area contributed by atoms with E-state index in [0.717, 1.165) is 0 Å². The highest BCUT2D eigenvalue weighted by Gasteiger charge is 2.36. The summed E-state index contributed by atoms with van der Waals surface area (Å²) in [7, 11) is 1.68. The van der Waals surface area contributed by atoms with E-state index in [0.29, 0.717) is 12.5 Å². The molecule has 0 bridgehead atoms. The molecule has 224 valence electrons. The van der Waals surface area contributed by atoms with E-state index >= 15 is 0 Å². The molecule has 0 aromatic rings. The van der Waals surface area contributed by atoms with Crippen LogP contribution in [0.3, 0.4) is 0 Å². The highest BCUT2D eigenvalue weighted by atomic mass is 28.4. The molecule has 0 rings (SSSR count). The summed E-state index contributed by atoms with van der Waals surface area (Å²) in [5, 5.41) is 9.82. The Hall–Kier alpha value is -3.12. The molecule has 0 heterocycles. The Bertz CT molecular complexity index is 767. The van der Waals surface area contributed by atoms with Gasteiger partial charge in [-0.15, -0.1) is 0 Å². The van der Waals surface area contributed by atoms with Crippen molar-refractivity contribution in [3.8, 4) is 0 Å². The SMILES string of the molecule is CCOC(=O)C(=O)NCCN(CCNC(=O)C(=O)NCCC[Si](OC)(OC)OC)CCNC(=O)C(=O)OCC. The predicted molar refractivity (Wildman–Crippen MR) is 138 cm³/mol. The second-order valence-electron chi connectivity index (χ2n) is 7.71. The molecule has 0 radical (unpaired) electrons. The summed E-state index contributed by atoms with van der Waals surface area (Å²) in [5.41, 5.74) is 0. The maximum absolute atomic E-state index is 12.1. The lowest BCUT2D eigenvalue weighted by atomic mass is 10.4. The first-order valence-electron chi connectivity index (χ1n) is 12.4. The number of esters is 2. The van der Waals surface area contributed by atoms with Crippen LogP contribution in [-0.2, 0) is 51.5 Å². The average molecular weight is 580 g/mol. The van der Waals surface area contributed by atoms with Gasteiger partial charge in [0.1, 0.15) is 0 Å². The maximum Gasteiger partial charge on any atom is 0.500 e. The lowest BCUT2D eigenvalue weighted by Crippen LogP contribution is -2.47. The standard InChI is InChI=1S/C22H41N5O11Si/c1-6-37-21(32)19(30)25-11-14-27(15-12-26-20(31)22(33)38-7-2)13-10-24-18(29)17(28)23-9-8-16-39(34-3,35-4)36-5/h6-16H2,1-5H3,(H,23,28)(H,24,29)(H,25,30)(H,26,31). The molecule has 0 spiro atoms.